The molecule has 0 radical (unpaired) electrons. The van der Waals surface area contributed by atoms with Gasteiger partial charge in [-0.15, -0.1) is 0 Å². The molecular weight excluding hydrogens is 272 g/mol. The molecule has 4 N–H and O–H groups in total. The predicted octanol–water partition coefficient (Wildman–Crippen LogP) is 0.953. The highest BCUT2D eigenvalue weighted by atomic mass is 19.2. The van der Waals surface area contributed by atoms with Crippen molar-refractivity contribution in [2.75, 3.05) is 5.73 Å². The Morgan fingerprint density at radius 2 is 2.15 bits per heavy atom. The van der Waals surface area contributed by atoms with Crippen molar-refractivity contribution >= 4 is 11.7 Å². The molecule has 0 spiro atoms. The zero-order chi connectivity index (χ0) is 14.3. The van der Waals surface area contributed by atoms with Crippen LogP contribution >= 0.6 is 0 Å². The topological polar surface area (TPSA) is 110 Å². The second kappa shape index (κ2) is 4.53. The van der Waals surface area contributed by atoms with Crippen molar-refractivity contribution in [2.24, 2.45) is 4.99 Å². The van der Waals surface area contributed by atoms with Gasteiger partial charge in [0.1, 0.15) is 0 Å². The molecule has 1 aromatic carbocycles. The summed E-state index contributed by atoms with van der Waals surface area (Å²) in [6.45, 7) is 0. The number of fused-ring (bicyclic) bond motifs is 1. The van der Waals surface area contributed by atoms with Crippen LogP contribution in [-0.2, 0) is 6.42 Å². The second-order valence-electron chi connectivity index (χ2n) is 4.27. The molecule has 1 unspecified atom stereocenters. The molecule has 1 heterocycles. The Morgan fingerprint density at radius 3 is 2.80 bits per heavy atom. The maximum atomic E-state index is 13.2. The molecule has 9 heteroatoms. The lowest BCUT2D eigenvalue weighted by atomic mass is 9.83. The van der Waals surface area contributed by atoms with E-state index in [4.69, 9.17) is 10.9 Å². The molecule has 3 rings (SSSR count). The number of rotatable bonds is 2. The first-order valence-electron chi connectivity index (χ1n) is 5.64. The maximum absolute atomic E-state index is 13.2. The Balaban J connectivity index is 1.93. The summed E-state index contributed by atoms with van der Waals surface area (Å²) in [5, 5.41) is 15.9. The van der Waals surface area contributed by atoms with E-state index in [-0.39, 0.29) is 17.3 Å². The highest BCUT2D eigenvalue weighted by Gasteiger charge is 2.29. The second-order valence-corrected chi connectivity index (χ2v) is 4.27. The zero-order valence-corrected chi connectivity index (χ0v) is 9.97. The van der Waals surface area contributed by atoms with Gasteiger partial charge in [-0.1, -0.05) is 0 Å². The summed E-state index contributed by atoms with van der Waals surface area (Å²) in [4.78, 5) is 4.14. The first-order valence-corrected chi connectivity index (χ1v) is 5.64. The van der Waals surface area contributed by atoms with Gasteiger partial charge in [-0.3, -0.25) is 15.7 Å². The van der Waals surface area contributed by atoms with Crippen molar-refractivity contribution in [3.05, 3.63) is 40.6 Å². The fourth-order valence-corrected chi connectivity index (χ4v) is 2.05. The van der Waals surface area contributed by atoms with Gasteiger partial charge < -0.3 is 5.73 Å². The van der Waals surface area contributed by atoms with Crippen molar-refractivity contribution in [1.29, 1.82) is 0 Å². The minimum atomic E-state index is -0.940. The number of nitrogens with one attached hydrogen (secondary N) is 1. The third-order valence-electron chi connectivity index (χ3n) is 3.08. The standard InChI is InChI=1S/C11H9F2N5O2/c12-6-1-4-2-8(5(4)3-7(6)13)15-11(16-19)9-10(14)18-20-17-9/h1,3,8,19H,2H2,(H2,14,18)(H,15,16). The SMILES string of the molecule is Nc1nonc1C(=NC1Cc2cc(F)c(F)cc21)NO. The minimum absolute atomic E-state index is 0.0449. The van der Waals surface area contributed by atoms with Crippen LogP contribution in [0, 0.1) is 11.6 Å². The summed E-state index contributed by atoms with van der Waals surface area (Å²) >= 11 is 0. The number of nitrogen functional groups attached to an aromatic ring is 1. The van der Waals surface area contributed by atoms with Gasteiger partial charge in [0.2, 0.25) is 0 Å². The quantitative estimate of drug-likeness (QED) is 0.429. The fourth-order valence-electron chi connectivity index (χ4n) is 2.05. The lowest BCUT2D eigenvalue weighted by Crippen LogP contribution is -2.26. The Morgan fingerprint density at radius 1 is 1.40 bits per heavy atom. The number of aromatic nitrogens is 2. The molecule has 20 heavy (non-hydrogen) atoms. The molecule has 1 aromatic heterocycles. The number of anilines is 1. The van der Waals surface area contributed by atoms with E-state index >= 15 is 0 Å². The van der Waals surface area contributed by atoms with Crippen molar-refractivity contribution in [3.8, 4) is 0 Å². The Hall–Kier alpha value is -2.55. The molecule has 1 aliphatic rings. The van der Waals surface area contributed by atoms with Gasteiger partial charge in [0, 0.05) is 0 Å². The number of amidine groups is 1. The van der Waals surface area contributed by atoms with E-state index in [1.54, 1.807) is 0 Å². The zero-order valence-electron chi connectivity index (χ0n) is 9.97. The lowest BCUT2D eigenvalue weighted by Gasteiger charge is -2.27. The van der Waals surface area contributed by atoms with Gasteiger partial charge >= 0.3 is 0 Å². The molecule has 0 saturated heterocycles. The number of hydrogen-bond donors (Lipinski definition) is 3. The third kappa shape index (κ3) is 1.88. The molecule has 0 aliphatic heterocycles. The number of hydroxylamine groups is 1. The van der Waals surface area contributed by atoms with E-state index in [1.165, 1.54) is 0 Å². The van der Waals surface area contributed by atoms with E-state index < -0.39 is 17.7 Å². The summed E-state index contributed by atoms with van der Waals surface area (Å²) in [6, 6.07) is 1.79. The van der Waals surface area contributed by atoms with Gasteiger partial charge in [0.05, 0.1) is 6.04 Å². The van der Waals surface area contributed by atoms with E-state index in [2.05, 4.69) is 19.9 Å². The van der Waals surface area contributed by atoms with Crippen LogP contribution in [0.2, 0.25) is 0 Å². The lowest BCUT2D eigenvalue weighted by molar-refractivity contribution is 0.232. The van der Waals surface area contributed by atoms with Crippen LogP contribution in [0.4, 0.5) is 14.6 Å². The number of nitrogens with zero attached hydrogens (tertiary/aromatic N) is 3. The average molecular weight is 281 g/mol. The molecule has 0 bridgehead atoms. The van der Waals surface area contributed by atoms with E-state index in [0.717, 1.165) is 12.1 Å². The first-order chi connectivity index (χ1) is 9.60. The van der Waals surface area contributed by atoms with Crippen molar-refractivity contribution in [1.82, 2.24) is 15.8 Å². The van der Waals surface area contributed by atoms with Gasteiger partial charge in [0.25, 0.3) is 0 Å². The summed E-state index contributed by atoms with van der Waals surface area (Å²) in [5.41, 5.74) is 8.58. The predicted molar refractivity (Wildman–Crippen MR) is 63.0 cm³/mol. The van der Waals surface area contributed by atoms with Crippen LogP contribution in [0.15, 0.2) is 21.8 Å². The van der Waals surface area contributed by atoms with Crippen LogP contribution < -0.4 is 11.2 Å². The van der Waals surface area contributed by atoms with Crippen molar-refractivity contribution < 1.29 is 18.6 Å². The smallest absolute Gasteiger partial charge is 0.199 e. The molecular formula is C11H9F2N5O2. The van der Waals surface area contributed by atoms with E-state index in [1.807, 2.05) is 5.48 Å². The van der Waals surface area contributed by atoms with Crippen LogP contribution in [0.25, 0.3) is 0 Å². The van der Waals surface area contributed by atoms with Gasteiger partial charge in [-0.2, -0.15) is 0 Å². The van der Waals surface area contributed by atoms with Crippen LogP contribution in [-0.4, -0.2) is 21.4 Å². The Kier molecular flexibility index (Phi) is 2.83. The molecule has 0 fully saturated rings. The molecule has 0 amide bonds. The van der Waals surface area contributed by atoms with Crippen molar-refractivity contribution in [2.45, 2.75) is 12.5 Å². The molecule has 1 atom stereocenters. The summed E-state index contributed by atoms with van der Waals surface area (Å²) in [6.07, 6.45) is 0.420. The minimum Gasteiger partial charge on any atom is -0.379 e. The monoisotopic (exact) mass is 281 g/mol. The average Bonchev–Trinajstić information content (AvgIpc) is 2.83. The highest BCUT2D eigenvalue weighted by Crippen LogP contribution is 2.37. The van der Waals surface area contributed by atoms with Gasteiger partial charge in [-0.05, 0) is 40.0 Å². The Labute approximate surface area is 111 Å². The number of aliphatic imine (C=N–C) groups is 1. The summed E-state index contributed by atoms with van der Waals surface area (Å²) in [5.74, 6) is -1.93. The van der Waals surface area contributed by atoms with Crippen LogP contribution in [0.1, 0.15) is 22.9 Å². The molecule has 7 nitrogen and oxygen atoms in total. The summed E-state index contributed by atoms with van der Waals surface area (Å²) < 4.78 is 30.6. The molecule has 1 aliphatic carbocycles. The third-order valence-corrected chi connectivity index (χ3v) is 3.08. The van der Waals surface area contributed by atoms with Crippen molar-refractivity contribution in [3.63, 3.8) is 0 Å². The van der Waals surface area contributed by atoms with Crippen LogP contribution in [0.5, 0.6) is 0 Å². The normalized spacial score (nSPS) is 17.6. The largest absolute Gasteiger partial charge is 0.379 e. The first kappa shape index (κ1) is 12.5. The Bertz CT molecular complexity index is 700. The van der Waals surface area contributed by atoms with E-state index in [0.29, 0.717) is 17.5 Å². The number of nitrogens with two attached hydrogens (primary N) is 1. The highest BCUT2D eigenvalue weighted by molar-refractivity contribution is 5.99. The fraction of sp³-hybridized carbons (Fsp3) is 0.182. The summed E-state index contributed by atoms with van der Waals surface area (Å²) in [7, 11) is 0. The molecule has 0 saturated carbocycles. The molecule has 104 valence electrons. The van der Waals surface area contributed by atoms with Gasteiger partial charge in [0.15, 0.2) is 29.0 Å². The number of hydrogen-bond acceptors (Lipinski definition) is 6. The number of benzene rings is 1. The van der Waals surface area contributed by atoms with E-state index in [9.17, 15) is 8.78 Å². The number of halogens is 2. The van der Waals surface area contributed by atoms with Gasteiger partial charge in [-0.25, -0.2) is 13.4 Å². The molecule has 2 aromatic rings. The van der Waals surface area contributed by atoms with Crippen LogP contribution in [0.3, 0.4) is 0 Å². The maximum Gasteiger partial charge on any atom is 0.199 e.